The Bertz CT molecular complexity index is 709. The van der Waals surface area contributed by atoms with Crippen LogP contribution in [0.5, 0.6) is 0 Å². The van der Waals surface area contributed by atoms with Crippen molar-refractivity contribution in [2.75, 3.05) is 6.54 Å². The summed E-state index contributed by atoms with van der Waals surface area (Å²) in [6.45, 7) is 4.07. The number of hydrogen-bond donors (Lipinski definition) is 2. The molecule has 1 atom stereocenters. The topological polar surface area (TPSA) is 85.1 Å². The zero-order chi connectivity index (χ0) is 15.5. The predicted octanol–water partition coefficient (Wildman–Crippen LogP) is 1.99. The fourth-order valence-corrected chi connectivity index (χ4v) is 3.72. The molecule has 0 saturated heterocycles. The van der Waals surface area contributed by atoms with Crippen LogP contribution in [0.1, 0.15) is 29.2 Å². The molecule has 2 rings (SSSR count). The summed E-state index contributed by atoms with van der Waals surface area (Å²) >= 11 is 1.54. The number of thiazole rings is 1. The SMILES string of the molecule is Cc1csc(CCNS(=O)(=O)c2cccc(C(C)N)c2)n1. The van der Waals surface area contributed by atoms with Gasteiger partial charge < -0.3 is 5.73 Å². The molecule has 1 unspecified atom stereocenters. The van der Waals surface area contributed by atoms with Crippen LogP contribution in [0.3, 0.4) is 0 Å². The van der Waals surface area contributed by atoms with E-state index in [-0.39, 0.29) is 10.9 Å². The summed E-state index contributed by atoms with van der Waals surface area (Å²) in [5, 5.41) is 2.88. The van der Waals surface area contributed by atoms with E-state index < -0.39 is 10.0 Å². The maximum atomic E-state index is 12.2. The van der Waals surface area contributed by atoms with E-state index in [1.807, 2.05) is 25.3 Å². The van der Waals surface area contributed by atoms with Crippen LogP contribution in [0.4, 0.5) is 0 Å². The molecule has 2 aromatic rings. The number of sulfonamides is 1. The third-order valence-electron chi connectivity index (χ3n) is 2.99. The minimum atomic E-state index is -3.51. The summed E-state index contributed by atoms with van der Waals surface area (Å²) in [5.41, 5.74) is 7.54. The zero-order valence-electron chi connectivity index (χ0n) is 12.0. The molecule has 1 heterocycles. The lowest BCUT2D eigenvalue weighted by atomic mass is 10.1. The number of hydrogen-bond acceptors (Lipinski definition) is 5. The largest absolute Gasteiger partial charge is 0.324 e. The quantitative estimate of drug-likeness (QED) is 0.850. The Balaban J connectivity index is 2.03. The van der Waals surface area contributed by atoms with Gasteiger partial charge in [-0.3, -0.25) is 0 Å². The summed E-state index contributed by atoms with van der Waals surface area (Å²) in [5.74, 6) is 0. The van der Waals surface area contributed by atoms with E-state index >= 15 is 0 Å². The van der Waals surface area contributed by atoms with Crippen molar-refractivity contribution in [1.82, 2.24) is 9.71 Å². The molecule has 0 aliphatic rings. The Morgan fingerprint density at radius 1 is 1.43 bits per heavy atom. The first-order valence-electron chi connectivity index (χ1n) is 6.65. The zero-order valence-corrected chi connectivity index (χ0v) is 13.7. The van der Waals surface area contributed by atoms with Crippen LogP contribution in [-0.2, 0) is 16.4 Å². The molecule has 1 aromatic heterocycles. The molecule has 0 aliphatic heterocycles. The molecule has 21 heavy (non-hydrogen) atoms. The van der Waals surface area contributed by atoms with Gasteiger partial charge in [-0.2, -0.15) is 0 Å². The smallest absolute Gasteiger partial charge is 0.240 e. The molecule has 0 radical (unpaired) electrons. The number of rotatable bonds is 6. The lowest BCUT2D eigenvalue weighted by Crippen LogP contribution is -2.26. The second kappa shape index (κ2) is 6.65. The molecular formula is C14H19N3O2S2. The molecular weight excluding hydrogens is 306 g/mol. The van der Waals surface area contributed by atoms with Crippen LogP contribution >= 0.6 is 11.3 Å². The van der Waals surface area contributed by atoms with E-state index in [1.54, 1.807) is 18.2 Å². The second-order valence-electron chi connectivity index (χ2n) is 4.89. The number of nitrogens with zero attached hydrogens (tertiary/aromatic N) is 1. The number of nitrogens with one attached hydrogen (secondary N) is 1. The lowest BCUT2D eigenvalue weighted by molar-refractivity contribution is 0.581. The molecule has 5 nitrogen and oxygen atoms in total. The summed E-state index contributed by atoms with van der Waals surface area (Å²) in [6.07, 6.45) is 0.588. The minimum absolute atomic E-state index is 0.196. The van der Waals surface area contributed by atoms with E-state index in [0.29, 0.717) is 13.0 Å². The number of aromatic nitrogens is 1. The van der Waals surface area contributed by atoms with Crippen LogP contribution in [-0.4, -0.2) is 19.9 Å². The second-order valence-corrected chi connectivity index (χ2v) is 7.60. The molecule has 114 valence electrons. The Kier molecular flexibility index (Phi) is 5.10. The van der Waals surface area contributed by atoms with Crippen molar-refractivity contribution in [1.29, 1.82) is 0 Å². The lowest BCUT2D eigenvalue weighted by Gasteiger charge is -2.09. The van der Waals surface area contributed by atoms with E-state index in [0.717, 1.165) is 16.3 Å². The van der Waals surface area contributed by atoms with Crippen molar-refractivity contribution in [3.8, 4) is 0 Å². The molecule has 0 fully saturated rings. The number of benzene rings is 1. The molecule has 0 spiro atoms. The van der Waals surface area contributed by atoms with E-state index in [2.05, 4.69) is 9.71 Å². The van der Waals surface area contributed by atoms with Gasteiger partial charge in [0, 0.05) is 30.1 Å². The highest BCUT2D eigenvalue weighted by Crippen LogP contribution is 2.16. The van der Waals surface area contributed by atoms with Crippen molar-refractivity contribution in [3.05, 3.63) is 45.9 Å². The van der Waals surface area contributed by atoms with Gasteiger partial charge in [-0.1, -0.05) is 12.1 Å². The Hall–Kier alpha value is -1.28. The van der Waals surface area contributed by atoms with E-state index in [1.165, 1.54) is 11.3 Å². The molecule has 0 amide bonds. The van der Waals surface area contributed by atoms with Crippen molar-refractivity contribution in [2.24, 2.45) is 5.73 Å². The minimum Gasteiger partial charge on any atom is -0.324 e. The number of aryl methyl sites for hydroxylation is 1. The Labute approximate surface area is 129 Å². The van der Waals surface area contributed by atoms with Gasteiger partial charge in [0.05, 0.1) is 9.90 Å². The monoisotopic (exact) mass is 325 g/mol. The van der Waals surface area contributed by atoms with Crippen LogP contribution in [0.25, 0.3) is 0 Å². The molecule has 0 bridgehead atoms. The van der Waals surface area contributed by atoms with E-state index in [4.69, 9.17) is 5.73 Å². The maximum Gasteiger partial charge on any atom is 0.240 e. The van der Waals surface area contributed by atoms with Crippen LogP contribution in [0.15, 0.2) is 34.5 Å². The highest BCUT2D eigenvalue weighted by Gasteiger charge is 2.14. The van der Waals surface area contributed by atoms with Gasteiger partial charge >= 0.3 is 0 Å². The van der Waals surface area contributed by atoms with Gasteiger partial charge in [-0.15, -0.1) is 11.3 Å². The fourth-order valence-electron chi connectivity index (χ4n) is 1.86. The van der Waals surface area contributed by atoms with Gasteiger partial charge in [0.15, 0.2) is 0 Å². The van der Waals surface area contributed by atoms with Crippen LogP contribution in [0, 0.1) is 6.92 Å². The average Bonchev–Trinajstić information content (AvgIpc) is 2.84. The van der Waals surface area contributed by atoms with E-state index in [9.17, 15) is 8.42 Å². The van der Waals surface area contributed by atoms with Crippen molar-refractivity contribution >= 4 is 21.4 Å². The van der Waals surface area contributed by atoms with Gasteiger partial charge in [0.1, 0.15) is 0 Å². The number of nitrogens with two attached hydrogens (primary N) is 1. The average molecular weight is 325 g/mol. The molecule has 0 aliphatic carbocycles. The Morgan fingerprint density at radius 3 is 2.81 bits per heavy atom. The van der Waals surface area contributed by atoms with Gasteiger partial charge in [0.25, 0.3) is 0 Å². The summed E-state index contributed by atoms with van der Waals surface area (Å²) < 4.78 is 27.1. The highest BCUT2D eigenvalue weighted by atomic mass is 32.2. The molecule has 3 N–H and O–H groups in total. The highest BCUT2D eigenvalue weighted by molar-refractivity contribution is 7.89. The molecule has 0 saturated carbocycles. The standard InChI is InChI=1S/C14H19N3O2S2/c1-10-9-20-14(17-10)6-7-16-21(18,19)13-5-3-4-12(8-13)11(2)15/h3-5,8-9,11,16H,6-7,15H2,1-2H3. The molecule has 7 heteroatoms. The summed E-state index contributed by atoms with van der Waals surface area (Å²) in [6, 6.07) is 6.51. The first-order valence-corrected chi connectivity index (χ1v) is 9.01. The van der Waals surface area contributed by atoms with Crippen molar-refractivity contribution in [2.45, 2.75) is 31.2 Å². The molecule has 1 aromatic carbocycles. The summed E-state index contributed by atoms with van der Waals surface area (Å²) in [7, 11) is -3.51. The van der Waals surface area contributed by atoms with Gasteiger partial charge in [-0.25, -0.2) is 18.1 Å². The predicted molar refractivity (Wildman–Crippen MR) is 84.8 cm³/mol. The third kappa shape index (κ3) is 4.34. The first-order chi connectivity index (χ1) is 9.88. The van der Waals surface area contributed by atoms with Crippen molar-refractivity contribution < 1.29 is 8.42 Å². The maximum absolute atomic E-state index is 12.2. The van der Waals surface area contributed by atoms with Crippen molar-refractivity contribution in [3.63, 3.8) is 0 Å². The third-order valence-corrected chi connectivity index (χ3v) is 5.48. The van der Waals surface area contributed by atoms with Crippen LogP contribution < -0.4 is 10.5 Å². The Morgan fingerprint density at radius 2 is 2.19 bits per heavy atom. The first kappa shape index (κ1) is 16.1. The van der Waals surface area contributed by atoms with Crippen LogP contribution in [0.2, 0.25) is 0 Å². The normalized spacial score (nSPS) is 13.3. The fraction of sp³-hybridized carbons (Fsp3) is 0.357. The van der Waals surface area contributed by atoms with Gasteiger partial charge in [-0.05, 0) is 31.5 Å². The van der Waals surface area contributed by atoms with Gasteiger partial charge in [0.2, 0.25) is 10.0 Å². The summed E-state index contributed by atoms with van der Waals surface area (Å²) in [4.78, 5) is 4.55.